The highest BCUT2D eigenvalue weighted by Crippen LogP contribution is 2.29. The average Bonchev–Trinajstić information content (AvgIpc) is 2.41. The number of carboxylic acids is 1. The molecule has 0 unspecified atom stereocenters. The third-order valence-electron chi connectivity index (χ3n) is 2.57. The van der Waals surface area contributed by atoms with Gasteiger partial charge in [-0.15, -0.1) is 11.8 Å². The second kappa shape index (κ2) is 6.48. The summed E-state index contributed by atoms with van der Waals surface area (Å²) in [4.78, 5) is 11.5. The van der Waals surface area contributed by atoms with Crippen molar-refractivity contribution in [3.05, 3.63) is 63.4 Å². The quantitative estimate of drug-likeness (QED) is 0.790. The molecule has 2 aromatic carbocycles. The molecule has 0 aliphatic rings. The van der Waals surface area contributed by atoms with Crippen LogP contribution in [0, 0.1) is 5.82 Å². The predicted octanol–water partition coefficient (Wildman–Crippen LogP) is 5.12. The van der Waals surface area contributed by atoms with Gasteiger partial charge in [0.05, 0.1) is 5.56 Å². The van der Waals surface area contributed by atoms with Crippen molar-refractivity contribution in [2.45, 2.75) is 10.6 Å². The lowest BCUT2D eigenvalue weighted by atomic mass is 10.2. The summed E-state index contributed by atoms with van der Waals surface area (Å²) in [5, 5.41) is 10.0. The Morgan fingerprint density at radius 3 is 2.65 bits per heavy atom. The molecule has 0 bridgehead atoms. The lowest BCUT2D eigenvalue weighted by molar-refractivity contribution is 0.0691. The zero-order chi connectivity index (χ0) is 14.7. The van der Waals surface area contributed by atoms with Crippen molar-refractivity contribution in [3.8, 4) is 0 Å². The van der Waals surface area contributed by atoms with Crippen molar-refractivity contribution in [1.29, 1.82) is 0 Å². The predicted molar refractivity (Wildman–Crippen MR) is 79.4 cm³/mol. The van der Waals surface area contributed by atoms with Crippen molar-refractivity contribution < 1.29 is 14.3 Å². The molecule has 6 heteroatoms. The molecule has 2 rings (SSSR count). The van der Waals surface area contributed by atoms with Gasteiger partial charge in [-0.2, -0.15) is 0 Å². The van der Waals surface area contributed by atoms with E-state index in [-0.39, 0.29) is 5.56 Å². The Hall–Kier alpha value is -1.23. The molecule has 0 saturated carbocycles. The number of carboxylic acid groups (broad SMARTS) is 1. The van der Waals surface area contributed by atoms with Crippen molar-refractivity contribution >= 4 is 40.9 Å². The second-order valence-electron chi connectivity index (χ2n) is 3.97. The van der Waals surface area contributed by atoms with E-state index in [2.05, 4.69) is 0 Å². The number of benzene rings is 2. The van der Waals surface area contributed by atoms with E-state index in [0.717, 1.165) is 11.6 Å². The van der Waals surface area contributed by atoms with E-state index in [1.54, 1.807) is 18.2 Å². The van der Waals surface area contributed by atoms with Gasteiger partial charge in [0, 0.05) is 20.7 Å². The zero-order valence-corrected chi connectivity index (χ0v) is 12.4. The minimum atomic E-state index is -1.29. The molecule has 0 aliphatic carbocycles. The monoisotopic (exact) mass is 330 g/mol. The summed E-state index contributed by atoms with van der Waals surface area (Å²) < 4.78 is 13.3. The highest BCUT2D eigenvalue weighted by atomic mass is 35.5. The number of hydrogen-bond donors (Lipinski definition) is 1. The summed E-state index contributed by atoms with van der Waals surface area (Å²) in [6.07, 6.45) is 0. The largest absolute Gasteiger partial charge is 0.478 e. The Labute approximate surface area is 129 Å². The summed E-state index contributed by atoms with van der Waals surface area (Å²) in [5.41, 5.74) is 0.498. The van der Waals surface area contributed by atoms with E-state index in [0.29, 0.717) is 20.7 Å². The molecule has 0 fully saturated rings. The molecule has 0 radical (unpaired) electrons. The topological polar surface area (TPSA) is 37.3 Å². The standard InChI is InChI=1S/C14H9Cl2FO2S/c15-9-1-3-12(16)8(5-9)7-20-10-2-4-13(17)11(6-10)14(18)19/h1-6H,7H2,(H,18,19). The molecule has 104 valence electrons. The maximum atomic E-state index is 13.3. The lowest BCUT2D eigenvalue weighted by Crippen LogP contribution is -2.00. The smallest absolute Gasteiger partial charge is 0.338 e. The van der Waals surface area contributed by atoms with Crippen LogP contribution >= 0.6 is 35.0 Å². The maximum Gasteiger partial charge on any atom is 0.338 e. The number of halogens is 3. The minimum absolute atomic E-state index is 0.341. The molecule has 0 heterocycles. The van der Waals surface area contributed by atoms with Crippen LogP contribution in [-0.2, 0) is 5.75 Å². The highest BCUT2D eigenvalue weighted by Gasteiger charge is 2.11. The molecule has 2 nitrogen and oxygen atoms in total. The van der Waals surface area contributed by atoms with Crippen LogP contribution in [0.3, 0.4) is 0 Å². The summed E-state index contributed by atoms with van der Waals surface area (Å²) in [5.74, 6) is -1.52. The van der Waals surface area contributed by atoms with Crippen LogP contribution in [0.25, 0.3) is 0 Å². The van der Waals surface area contributed by atoms with Gasteiger partial charge in [-0.25, -0.2) is 9.18 Å². The molecular formula is C14H9Cl2FO2S. The van der Waals surface area contributed by atoms with E-state index in [4.69, 9.17) is 28.3 Å². The third-order valence-corrected chi connectivity index (χ3v) is 4.22. The Morgan fingerprint density at radius 2 is 1.95 bits per heavy atom. The molecule has 2 aromatic rings. The Kier molecular flexibility index (Phi) is 4.91. The van der Waals surface area contributed by atoms with Crippen LogP contribution in [0.15, 0.2) is 41.3 Å². The number of aromatic carboxylic acids is 1. The van der Waals surface area contributed by atoms with Gasteiger partial charge in [0.2, 0.25) is 0 Å². The molecule has 0 saturated heterocycles. The number of hydrogen-bond acceptors (Lipinski definition) is 2. The van der Waals surface area contributed by atoms with Crippen molar-refractivity contribution in [2.24, 2.45) is 0 Å². The van der Waals surface area contributed by atoms with Gasteiger partial charge in [0.25, 0.3) is 0 Å². The molecule has 0 amide bonds. The van der Waals surface area contributed by atoms with E-state index in [1.165, 1.54) is 23.9 Å². The fraction of sp³-hybridized carbons (Fsp3) is 0.0714. The molecular weight excluding hydrogens is 322 g/mol. The first-order valence-electron chi connectivity index (χ1n) is 5.57. The fourth-order valence-corrected chi connectivity index (χ4v) is 2.96. The summed E-state index contributed by atoms with van der Waals surface area (Å²) in [7, 11) is 0. The first-order chi connectivity index (χ1) is 9.47. The summed E-state index contributed by atoms with van der Waals surface area (Å²) in [6.45, 7) is 0. The van der Waals surface area contributed by atoms with Gasteiger partial charge >= 0.3 is 5.97 Å². The highest BCUT2D eigenvalue weighted by molar-refractivity contribution is 7.98. The first kappa shape index (κ1) is 15.2. The van der Waals surface area contributed by atoms with Gasteiger partial charge < -0.3 is 5.11 Å². The van der Waals surface area contributed by atoms with E-state index < -0.39 is 11.8 Å². The second-order valence-corrected chi connectivity index (χ2v) is 5.86. The number of thioether (sulfide) groups is 1. The molecule has 0 aromatic heterocycles. The maximum absolute atomic E-state index is 13.3. The Balaban J connectivity index is 2.17. The number of carbonyl (C=O) groups is 1. The lowest BCUT2D eigenvalue weighted by Gasteiger charge is -2.06. The van der Waals surface area contributed by atoms with Gasteiger partial charge in [0.1, 0.15) is 5.82 Å². The van der Waals surface area contributed by atoms with Gasteiger partial charge in [-0.3, -0.25) is 0 Å². The average molecular weight is 331 g/mol. The minimum Gasteiger partial charge on any atom is -0.478 e. The van der Waals surface area contributed by atoms with Crippen LogP contribution in [0.1, 0.15) is 15.9 Å². The van der Waals surface area contributed by atoms with Crippen molar-refractivity contribution in [2.75, 3.05) is 0 Å². The molecule has 0 spiro atoms. The van der Waals surface area contributed by atoms with Crippen molar-refractivity contribution in [3.63, 3.8) is 0 Å². The number of rotatable bonds is 4. The molecule has 1 N–H and O–H groups in total. The van der Waals surface area contributed by atoms with Crippen LogP contribution in [-0.4, -0.2) is 11.1 Å². The normalized spacial score (nSPS) is 10.6. The molecule has 0 aliphatic heterocycles. The van der Waals surface area contributed by atoms with Crippen LogP contribution in [0.2, 0.25) is 10.0 Å². The Bertz CT molecular complexity index is 662. The van der Waals surface area contributed by atoms with Crippen LogP contribution < -0.4 is 0 Å². The molecule has 20 heavy (non-hydrogen) atoms. The van der Waals surface area contributed by atoms with E-state index in [1.807, 2.05) is 0 Å². The van der Waals surface area contributed by atoms with E-state index >= 15 is 0 Å². The van der Waals surface area contributed by atoms with Gasteiger partial charge in [-0.05, 0) is 42.0 Å². The first-order valence-corrected chi connectivity index (χ1v) is 7.31. The SMILES string of the molecule is O=C(O)c1cc(SCc2cc(Cl)ccc2Cl)ccc1F. The van der Waals surface area contributed by atoms with Crippen molar-refractivity contribution in [1.82, 2.24) is 0 Å². The molecule has 0 atom stereocenters. The third kappa shape index (κ3) is 3.66. The van der Waals surface area contributed by atoms with E-state index in [9.17, 15) is 9.18 Å². The summed E-state index contributed by atoms with van der Waals surface area (Å²) >= 11 is 13.3. The van der Waals surface area contributed by atoms with Crippen LogP contribution in [0.5, 0.6) is 0 Å². The Morgan fingerprint density at radius 1 is 1.20 bits per heavy atom. The van der Waals surface area contributed by atoms with Gasteiger partial charge in [0.15, 0.2) is 0 Å². The van der Waals surface area contributed by atoms with Gasteiger partial charge in [-0.1, -0.05) is 23.2 Å². The fourth-order valence-electron chi connectivity index (χ4n) is 1.57. The summed E-state index contributed by atoms with van der Waals surface area (Å²) in [6, 6.07) is 9.13. The zero-order valence-electron chi connectivity index (χ0n) is 10.1. The van der Waals surface area contributed by atoms with Crippen LogP contribution in [0.4, 0.5) is 4.39 Å².